The van der Waals surface area contributed by atoms with Gasteiger partial charge in [0.05, 0.1) is 0 Å². The van der Waals surface area contributed by atoms with Crippen molar-refractivity contribution < 1.29 is 9.21 Å². The number of carbonyl (C=O) groups excluding carboxylic acids is 1. The fourth-order valence-electron chi connectivity index (χ4n) is 1.95. The molecule has 0 bridgehead atoms. The van der Waals surface area contributed by atoms with Crippen molar-refractivity contribution in [1.29, 1.82) is 0 Å². The Morgan fingerprint density at radius 2 is 2.18 bits per heavy atom. The molecule has 1 heterocycles. The van der Waals surface area contributed by atoms with Crippen LogP contribution in [0.25, 0.3) is 11.1 Å². The Morgan fingerprint density at radius 1 is 1.47 bits per heavy atom. The summed E-state index contributed by atoms with van der Waals surface area (Å²) in [5.41, 5.74) is 7.68. The largest absolute Gasteiger partial charge is 0.441 e. The number of aryl methyl sites for hydroxylation is 1. The van der Waals surface area contributed by atoms with E-state index in [1.54, 1.807) is 11.8 Å². The van der Waals surface area contributed by atoms with E-state index in [1.165, 1.54) is 0 Å². The van der Waals surface area contributed by atoms with Crippen LogP contribution in [0.4, 0.5) is 0 Å². The van der Waals surface area contributed by atoms with Crippen LogP contribution in [-0.2, 0) is 4.79 Å². The lowest BCUT2D eigenvalue weighted by molar-refractivity contribution is -0.122. The maximum absolute atomic E-state index is 11.4. The number of rotatable bonds is 3. The predicted octanol–water partition coefficient (Wildman–Crippen LogP) is 1.22. The highest BCUT2D eigenvalue weighted by Crippen LogP contribution is 2.23. The van der Waals surface area contributed by atoms with E-state index >= 15 is 0 Å². The molecule has 0 aliphatic carbocycles. The van der Waals surface area contributed by atoms with Crippen molar-refractivity contribution in [3.05, 3.63) is 29.7 Å². The quantitative estimate of drug-likeness (QED) is 0.865. The molecule has 0 radical (unpaired) electrons. The molecule has 0 aliphatic heterocycles. The molecule has 2 N–H and O–H groups in total. The highest BCUT2D eigenvalue weighted by molar-refractivity contribution is 5.83. The summed E-state index contributed by atoms with van der Waals surface area (Å²) < 4.78 is 5.38. The first-order valence-corrected chi connectivity index (χ1v) is 5.32. The Bertz CT molecular complexity index is 560. The van der Waals surface area contributed by atoms with Gasteiger partial charge in [0, 0.05) is 6.92 Å². The summed E-state index contributed by atoms with van der Waals surface area (Å²) in [5.74, 6) is 0.229. The van der Waals surface area contributed by atoms with Gasteiger partial charge in [-0.1, -0.05) is 6.07 Å². The molecule has 1 amide bonds. The van der Waals surface area contributed by atoms with Gasteiger partial charge in [-0.3, -0.25) is 9.69 Å². The zero-order valence-corrected chi connectivity index (χ0v) is 10.1. The van der Waals surface area contributed by atoms with Crippen LogP contribution in [0.3, 0.4) is 0 Å². The Balaban J connectivity index is 2.50. The molecule has 17 heavy (non-hydrogen) atoms. The minimum absolute atomic E-state index is 0.380. The average molecular weight is 233 g/mol. The third kappa shape index (κ3) is 2.14. The first-order chi connectivity index (χ1) is 7.99. The molecule has 1 atom stereocenters. The summed E-state index contributed by atoms with van der Waals surface area (Å²) in [5, 5.41) is 0. The molecule has 0 spiro atoms. The summed E-state index contributed by atoms with van der Waals surface area (Å²) in [6.45, 7) is 1.79. The number of aromatic nitrogens is 1. The molecule has 1 aromatic carbocycles. The van der Waals surface area contributed by atoms with E-state index in [2.05, 4.69) is 4.98 Å². The lowest BCUT2D eigenvalue weighted by Crippen LogP contribution is -2.32. The Morgan fingerprint density at radius 3 is 2.76 bits per heavy atom. The molecule has 0 saturated heterocycles. The van der Waals surface area contributed by atoms with Gasteiger partial charge in [0.15, 0.2) is 11.5 Å². The van der Waals surface area contributed by atoms with Gasteiger partial charge in [-0.2, -0.15) is 0 Å². The van der Waals surface area contributed by atoms with Crippen LogP contribution in [0.5, 0.6) is 0 Å². The Kier molecular flexibility index (Phi) is 2.85. The van der Waals surface area contributed by atoms with Crippen molar-refractivity contribution in [2.75, 3.05) is 14.1 Å². The zero-order valence-electron chi connectivity index (χ0n) is 10.1. The molecule has 90 valence electrons. The van der Waals surface area contributed by atoms with Crippen LogP contribution in [0.2, 0.25) is 0 Å². The molecular formula is C12H15N3O2. The lowest BCUT2D eigenvalue weighted by atomic mass is 10.1. The monoisotopic (exact) mass is 233 g/mol. The second-order valence-corrected chi connectivity index (χ2v) is 4.23. The van der Waals surface area contributed by atoms with Crippen molar-refractivity contribution in [2.24, 2.45) is 5.73 Å². The molecule has 0 fully saturated rings. The van der Waals surface area contributed by atoms with Crippen LogP contribution >= 0.6 is 0 Å². The number of benzene rings is 1. The number of hydrogen-bond acceptors (Lipinski definition) is 4. The second-order valence-electron chi connectivity index (χ2n) is 4.23. The number of oxazole rings is 1. The van der Waals surface area contributed by atoms with E-state index in [4.69, 9.17) is 10.2 Å². The number of likely N-dealkylation sites (N-methyl/N-ethyl adjacent to an activating group) is 1. The summed E-state index contributed by atoms with van der Waals surface area (Å²) in [4.78, 5) is 17.4. The van der Waals surface area contributed by atoms with Crippen LogP contribution in [-0.4, -0.2) is 29.9 Å². The van der Waals surface area contributed by atoms with Crippen molar-refractivity contribution >= 4 is 17.0 Å². The minimum Gasteiger partial charge on any atom is -0.441 e. The molecule has 1 unspecified atom stereocenters. The van der Waals surface area contributed by atoms with Gasteiger partial charge >= 0.3 is 0 Å². The number of carbonyl (C=O) groups is 1. The maximum Gasteiger partial charge on any atom is 0.239 e. The number of hydrogen-bond donors (Lipinski definition) is 1. The topological polar surface area (TPSA) is 72.4 Å². The standard InChI is InChI=1S/C12H15N3O2/c1-7-14-9-6-8(4-5-10(9)17-7)11(12(13)16)15(2)3/h4-6,11H,1-3H3,(H2,13,16). The zero-order chi connectivity index (χ0) is 12.6. The van der Waals surface area contributed by atoms with Gasteiger partial charge < -0.3 is 10.2 Å². The summed E-state index contributed by atoms with van der Waals surface area (Å²) >= 11 is 0. The smallest absolute Gasteiger partial charge is 0.239 e. The van der Waals surface area contributed by atoms with Gasteiger partial charge in [-0.15, -0.1) is 0 Å². The molecule has 0 aliphatic rings. The van der Waals surface area contributed by atoms with Gasteiger partial charge in [-0.05, 0) is 31.8 Å². The minimum atomic E-state index is -0.448. The average Bonchev–Trinajstić information content (AvgIpc) is 2.56. The van der Waals surface area contributed by atoms with Crippen molar-refractivity contribution in [3.8, 4) is 0 Å². The Hall–Kier alpha value is -1.88. The number of nitrogens with zero attached hydrogens (tertiary/aromatic N) is 2. The van der Waals surface area contributed by atoms with Crippen LogP contribution < -0.4 is 5.73 Å². The van der Waals surface area contributed by atoms with E-state index in [0.29, 0.717) is 11.5 Å². The SMILES string of the molecule is Cc1nc2cc(C(C(N)=O)N(C)C)ccc2o1. The first-order valence-electron chi connectivity index (χ1n) is 5.32. The van der Waals surface area contributed by atoms with Crippen LogP contribution in [0, 0.1) is 6.92 Å². The van der Waals surface area contributed by atoms with Crippen molar-refractivity contribution in [2.45, 2.75) is 13.0 Å². The molecule has 2 rings (SSSR count). The van der Waals surface area contributed by atoms with Gasteiger partial charge in [0.25, 0.3) is 0 Å². The number of fused-ring (bicyclic) bond motifs is 1. The molecular weight excluding hydrogens is 218 g/mol. The predicted molar refractivity (Wildman–Crippen MR) is 64.4 cm³/mol. The van der Waals surface area contributed by atoms with Crippen LogP contribution in [0.15, 0.2) is 22.6 Å². The van der Waals surface area contributed by atoms with Gasteiger partial charge in [-0.25, -0.2) is 4.98 Å². The van der Waals surface area contributed by atoms with E-state index in [1.807, 2.05) is 32.3 Å². The third-order valence-corrected chi connectivity index (χ3v) is 2.62. The molecule has 0 saturated carbocycles. The van der Waals surface area contributed by atoms with Gasteiger partial charge in [0.1, 0.15) is 11.6 Å². The highest BCUT2D eigenvalue weighted by atomic mass is 16.3. The van der Waals surface area contributed by atoms with Crippen LogP contribution in [0.1, 0.15) is 17.5 Å². The van der Waals surface area contributed by atoms with Crippen molar-refractivity contribution in [1.82, 2.24) is 9.88 Å². The second kappa shape index (κ2) is 4.18. The fourth-order valence-corrected chi connectivity index (χ4v) is 1.95. The van der Waals surface area contributed by atoms with E-state index in [-0.39, 0.29) is 5.91 Å². The lowest BCUT2D eigenvalue weighted by Gasteiger charge is -2.21. The van der Waals surface area contributed by atoms with E-state index < -0.39 is 6.04 Å². The first kappa shape index (κ1) is 11.6. The molecule has 5 nitrogen and oxygen atoms in total. The van der Waals surface area contributed by atoms with E-state index in [0.717, 1.165) is 11.1 Å². The Labute approximate surface area is 99.2 Å². The highest BCUT2D eigenvalue weighted by Gasteiger charge is 2.20. The number of amides is 1. The summed E-state index contributed by atoms with van der Waals surface area (Å²) in [6, 6.07) is 5.03. The maximum atomic E-state index is 11.4. The number of nitrogens with two attached hydrogens (primary N) is 1. The fraction of sp³-hybridized carbons (Fsp3) is 0.333. The summed E-state index contributed by atoms with van der Waals surface area (Å²) in [6.07, 6.45) is 0. The third-order valence-electron chi connectivity index (χ3n) is 2.62. The summed E-state index contributed by atoms with van der Waals surface area (Å²) in [7, 11) is 3.63. The van der Waals surface area contributed by atoms with Gasteiger partial charge in [0.2, 0.25) is 5.91 Å². The van der Waals surface area contributed by atoms with E-state index in [9.17, 15) is 4.79 Å². The number of primary amides is 1. The van der Waals surface area contributed by atoms with Crippen molar-refractivity contribution in [3.63, 3.8) is 0 Å². The molecule has 5 heteroatoms. The molecule has 2 aromatic rings. The molecule has 1 aromatic heterocycles. The normalized spacial score (nSPS) is 13.2.